The molecule has 1 saturated heterocycles. The van der Waals surface area contributed by atoms with Gasteiger partial charge >= 0.3 is 0 Å². The van der Waals surface area contributed by atoms with Crippen LogP contribution < -0.4 is 10.6 Å². The minimum absolute atomic E-state index is 0. The second-order valence-electron chi connectivity index (χ2n) is 7.50. The van der Waals surface area contributed by atoms with E-state index in [4.69, 9.17) is 14.5 Å². The highest BCUT2D eigenvalue weighted by molar-refractivity contribution is 14.0. The van der Waals surface area contributed by atoms with Crippen LogP contribution in [0.3, 0.4) is 0 Å². The van der Waals surface area contributed by atoms with Crippen molar-refractivity contribution in [1.29, 1.82) is 0 Å². The summed E-state index contributed by atoms with van der Waals surface area (Å²) in [4.78, 5) is 7.33. The first kappa shape index (κ1) is 25.9. The number of aliphatic imine (C=N–C) groups is 1. The van der Waals surface area contributed by atoms with Crippen molar-refractivity contribution in [3.8, 4) is 0 Å². The monoisotopic (exact) mass is 484 g/mol. The van der Waals surface area contributed by atoms with Gasteiger partial charge in [-0.2, -0.15) is 0 Å². The van der Waals surface area contributed by atoms with Gasteiger partial charge < -0.3 is 20.1 Å². The van der Waals surface area contributed by atoms with Crippen molar-refractivity contribution in [3.05, 3.63) is 0 Å². The van der Waals surface area contributed by atoms with Crippen molar-refractivity contribution in [2.24, 2.45) is 4.99 Å². The molecule has 0 aromatic rings. The molecule has 0 aromatic heterocycles. The van der Waals surface area contributed by atoms with Gasteiger partial charge in [0.05, 0.1) is 18.8 Å². The van der Waals surface area contributed by atoms with Crippen molar-refractivity contribution < 1.29 is 9.47 Å². The first-order chi connectivity index (χ1) is 11.9. The molecule has 2 atom stereocenters. The number of unbranched alkanes of at least 4 members (excludes halogenated alkanes) is 1. The molecule has 0 amide bonds. The van der Waals surface area contributed by atoms with Crippen molar-refractivity contribution >= 4 is 29.9 Å². The Labute approximate surface area is 177 Å². The summed E-state index contributed by atoms with van der Waals surface area (Å²) < 4.78 is 11.2. The largest absolute Gasteiger partial charge is 0.382 e. The number of morpholine rings is 1. The molecule has 1 aliphatic heterocycles. The van der Waals surface area contributed by atoms with Gasteiger partial charge in [-0.15, -0.1) is 24.0 Å². The Bertz CT molecular complexity index is 384. The highest BCUT2D eigenvalue weighted by atomic mass is 127. The van der Waals surface area contributed by atoms with E-state index in [9.17, 15) is 0 Å². The zero-order valence-electron chi connectivity index (χ0n) is 17.6. The quantitative estimate of drug-likeness (QED) is 0.216. The summed E-state index contributed by atoms with van der Waals surface area (Å²) in [6, 6.07) is 0. The Balaban J connectivity index is 0.00000625. The van der Waals surface area contributed by atoms with Crippen LogP contribution in [-0.4, -0.2) is 74.5 Å². The fraction of sp³-hybridized carbons (Fsp3) is 0.947. The molecule has 0 bridgehead atoms. The predicted octanol–water partition coefficient (Wildman–Crippen LogP) is 2.86. The van der Waals surface area contributed by atoms with Crippen molar-refractivity contribution in [3.63, 3.8) is 0 Å². The molecular weight excluding hydrogens is 443 g/mol. The van der Waals surface area contributed by atoms with E-state index in [1.54, 1.807) is 0 Å². The maximum atomic E-state index is 5.86. The normalized spacial score (nSPS) is 22.0. The van der Waals surface area contributed by atoms with Crippen LogP contribution in [0.2, 0.25) is 0 Å². The maximum Gasteiger partial charge on any atom is 0.191 e. The van der Waals surface area contributed by atoms with Crippen LogP contribution in [0.5, 0.6) is 0 Å². The Morgan fingerprint density at radius 2 is 1.81 bits per heavy atom. The fourth-order valence-corrected chi connectivity index (χ4v) is 3.07. The van der Waals surface area contributed by atoms with E-state index in [0.29, 0.717) is 0 Å². The van der Waals surface area contributed by atoms with Gasteiger partial charge in [0.25, 0.3) is 0 Å². The molecule has 1 aliphatic rings. The standard InChI is InChI=1S/C19H40N4O2.HI/c1-7-20-18(21-11-9-10-12-24-8-2)22-15-19(5,6)23-13-16(3)25-17(4)14-23;/h16-17H,7-15H2,1-6H3,(H2,20,21,22);1H. The Morgan fingerprint density at radius 3 is 2.38 bits per heavy atom. The van der Waals surface area contributed by atoms with Crippen LogP contribution in [-0.2, 0) is 9.47 Å². The predicted molar refractivity (Wildman–Crippen MR) is 121 cm³/mol. The molecule has 7 heteroatoms. The minimum atomic E-state index is 0. The highest BCUT2D eigenvalue weighted by Gasteiger charge is 2.33. The van der Waals surface area contributed by atoms with Gasteiger partial charge in [0.2, 0.25) is 0 Å². The molecule has 0 aliphatic carbocycles. The highest BCUT2D eigenvalue weighted by Crippen LogP contribution is 2.21. The van der Waals surface area contributed by atoms with E-state index in [1.165, 1.54) is 0 Å². The van der Waals surface area contributed by atoms with Gasteiger partial charge in [-0.1, -0.05) is 0 Å². The second kappa shape index (κ2) is 14.0. The Morgan fingerprint density at radius 1 is 1.15 bits per heavy atom. The Hall–Kier alpha value is -0.120. The molecule has 26 heavy (non-hydrogen) atoms. The molecule has 0 spiro atoms. The molecule has 0 radical (unpaired) electrons. The van der Waals surface area contributed by atoms with Gasteiger partial charge in [-0.05, 0) is 54.4 Å². The lowest BCUT2D eigenvalue weighted by atomic mass is 10.0. The summed E-state index contributed by atoms with van der Waals surface area (Å²) in [5.41, 5.74) is 0.0175. The van der Waals surface area contributed by atoms with E-state index in [2.05, 4.69) is 50.2 Å². The number of nitrogens with zero attached hydrogens (tertiary/aromatic N) is 2. The zero-order chi connectivity index (χ0) is 18.7. The molecule has 1 heterocycles. The van der Waals surface area contributed by atoms with E-state index < -0.39 is 0 Å². The number of rotatable bonds is 10. The first-order valence-corrected chi connectivity index (χ1v) is 9.89. The van der Waals surface area contributed by atoms with Gasteiger partial charge in [0.1, 0.15) is 0 Å². The second-order valence-corrected chi connectivity index (χ2v) is 7.50. The van der Waals surface area contributed by atoms with E-state index in [0.717, 1.165) is 64.7 Å². The molecule has 2 unspecified atom stereocenters. The smallest absolute Gasteiger partial charge is 0.191 e. The third kappa shape index (κ3) is 10.3. The molecular formula is C19H41IN4O2. The third-order valence-electron chi connectivity index (χ3n) is 4.46. The van der Waals surface area contributed by atoms with Gasteiger partial charge in [0.15, 0.2) is 5.96 Å². The molecule has 2 N–H and O–H groups in total. The molecule has 0 aromatic carbocycles. The molecule has 0 saturated carbocycles. The van der Waals surface area contributed by atoms with Crippen LogP contribution in [0.4, 0.5) is 0 Å². The SMILES string of the molecule is CCNC(=NCC(C)(C)N1CC(C)OC(C)C1)NCCCCOCC.I. The Kier molecular flexibility index (Phi) is 13.9. The number of guanidine groups is 1. The summed E-state index contributed by atoms with van der Waals surface area (Å²) >= 11 is 0. The molecule has 1 rings (SSSR count). The van der Waals surface area contributed by atoms with Crippen LogP contribution in [0, 0.1) is 0 Å². The lowest BCUT2D eigenvalue weighted by molar-refractivity contribution is -0.0939. The van der Waals surface area contributed by atoms with Crippen LogP contribution in [0.1, 0.15) is 54.4 Å². The number of halogens is 1. The number of hydrogen-bond acceptors (Lipinski definition) is 4. The van der Waals surface area contributed by atoms with Crippen molar-refractivity contribution in [2.75, 3.05) is 45.9 Å². The van der Waals surface area contributed by atoms with Crippen LogP contribution in [0.15, 0.2) is 4.99 Å². The lowest BCUT2D eigenvalue weighted by Crippen LogP contribution is -2.56. The topological polar surface area (TPSA) is 58.1 Å². The van der Waals surface area contributed by atoms with Gasteiger partial charge in [-0.3, -0.25) is 9.89 Å². The van der Waals surface area contributed by atoms with Gasteiger partial charge in [-0.25, -0.2) is 0 Å². The lowest BCUT2D eigenvalue weighted by Gasteiger charge is -2.44. The van der Waals surface area contributed by atoms with Crippen molar-refractivity contribution in [1.82, 2.24) is 15.5 Å². The number of hydrogen-bond donors (Lipinski definition) is 2. The van der Waals surface area contributed by atoms with E-state index in [1.807, 2.05) is 6.92 Å². The summed E-state index contributed by atoms with van der Waals surface area (Å²) in [5, 5.41) is 6.77. The molecule has 156 valence electrons. The zero-order valence-corrected chi connectivity index (χ0v) is 20.0. The summed E-state index contributed by atoms with van der Waals surface area (Å²) in [5.74, 6) is 0.904. The van der Waals surface area contributed by atoms with E-state index >= 15 is 0 Å². The maximum absolute atomic E-state index is 5.86. The summed E-state index contributed by atoms with van der Waals surface area (Å²) in [6.45, 7) is 19.1. The van der Waals surface area contributed by atoms with Crippen LogP contribution >= 0.6 is 24.0 Å². The number of nitrogens with one attached hydrogen (secondary N) is 2. The number of ether oxygens (including phenoxy) is 2. The van der Waals surface area contributed by atoms with Crippen LogP contribution in [0.25, 0.3) is 0 Å². The first-order valence-electron chi connectivity index (χ1n) is 9.89. The van der Waals surface area contributed by atoms with E-state index in [-0.39, 0.29) is 41.7 Å². The fourth-order valence-electron chi connectivity index (χ4n) is 3.07. The van der Waals surface area contributed by atoms with Gasteiger partial charge in [0, 0.05) is 44.9 Å². The third-order valence-corrected chi connectivity index (χ3v) is 4.46. The average molecular weight is 484 g/mol. The minimum Gasteiger partial charge on any atom is -0.382 e. The molecule has 6 nitrogen and oxygen atoms in total. The van der Waals surface area contributed by atoms with Crippen molar-refractivity contribution in [2.45, 2.75) is 72.1 Å². The average Bonchev–Trinajstić information content (AvgIpc) is 2.55. The summed E-state index contributed by atoms with van der Waals surface area (Å²) in [6.07, 6.45) is 2.73. The summed E-state index contributed by atoms with van der Waals surface area (Å²) in [7, 11) is 0. The molecule has 1 fully saturated rings.